The Balaban J connectivity index is 3.55. The summed E-state index contributed by atoms with van der Waals surface area (Å²) in [6, 6.07) is 0. The molecule has 0 bridgehead atoms. The van der Waals surface area contributed by atoms with Crippen LogP contribution in [0.3, 0.4) is 0 Å². The van der Waals surface area contributed by atoms with E-state index in [1.165, 1.54) is 32.1 Å². The molecule has 0 saturated carbocycles. The van der Waals surface area contributed by atoms with Crippen molar-refractivity contribution >= 4 is 0 Å². The molecule has 0 aliphatic heterocycles. The summed E-state index contributed by atoms with van der Waals surface area (Å²) in [5.74, 6) is 0. The highest BCUT2D eigenvalue weighted by Crippen LogP contribution is 2.10. The number of hydrogen-bond donors (Lipinski definition) is 1. The molecule has 0 aliphatic rings. The van der Waals surface area contributed by atoms with E-state index in [9.17, 15) is 0 Å². The molecule has 0 radical (unpaired) electrons. The minimum atomic E-state index is 0.183. The molecule has 0 aliphatic carbocycles. The van der Waals surface area contributed by atoms with Gasteiger partial charge in [-0.3, -0.25) is 0 Å². The summed E-state index contributed by atoms with van der Waals surface area (Å²) >= 11 is 0. The number of unbranched alkanes of at least 4 members (excludes halogenated alkanes) is 3. The Morgan fingerprint density at radius 2 is 1.65 bits per heavy atom. The van der Waals surface area contributed by atoms with Gasteiger partial charge in [-0.05, 0) is 41.0 Å². The Morgan fingerprint density at radius 1 is 1.00 bits per heavy atom. The van der Waals surface area contributed by atoms with Gasteiger partial charge in [0, 0.05) is 12.1 Å². The van der Waals surface area contributed by atoms with Gasteiger partial charge in [-0.15, -0.1) is 0 Å². The van der Waals surface area contributed by atoms with Gasteiger partial charge in [0.05, 0.1) is 12.2 Å². The van der Waals surface area contributed by atoms with E-state index >= 15 is 0 Å². The molecule has 2 atom stereocenters. The second-order valence-corrected chi connectivity index (χ2v) is 6.24. The van der Waals surface area contributed by atoms with Crippen LogP contribution in [0.5, 0.6) is 0 Å². The number of hydrogen-bond acceptors (Lipinski definition) is 2. The molecule has 17 heavy (non-hydrogen) atoms. The van der Waals surface area contributed by atoms with Crippen molar-refractivity contribution in [2.24, 2.45) is 0 Å². The van der Waals surface area contributed by atoms with E-state index in [4.69, 9.17) is 4.74 Å². The highest BCUT2D eigenvalue weighted by Gasteiger charge is 2.13. The average molecular weight is 243 g/mol. The molecule has 2 nitrogen and oxygen atoms in total. The molecule has 2 heteroatoms. The first-order chi connectivity index (χ1) is 7.85. The first kappa shape index (κ1) is 16.9. The lowest BCUT2D eigenvalue weighted by atomic mass is 10.1. The summed E-state index contributed by atoms with van der Waals surface area (Å²) in [7, 11) is 0. The molecular formula is C15H33NO. The lowest BCUT2D eigenvalue weighted by molar-refractivity contribution is 0.00102. The smallest absolute Gasteiger partial charge is 0.0675 e. The number of rotatable bonds is 9. The van der Waals surface area contributed by atoms with Crippen molar-refractivity contribution in [1.82, 2.24) is 5.32 Å². The van der Waals surface area contributed by atoms with Crippen molar-refractivity contribution < 1.29 is 4.74 Å². The Kier molecular flexibility index (Phi) is 8.89. The van der Waals surface area contributed by atoms with Crippen molar-refractivity contribution in [3.8, 4) is 0 Å². The van der Waals surface area contributed by atoms with E-state index in [0.29, 0.717) is 12.2 Å². The van der Waals surface area contributed by atoms with E-state index in [1.54, 1.807) is 0 Å². The van der Waals surface area contributed by atoms with Gasteiger partial charge >= 0.3 is 0 Å². The lowest BCUT2D eigenvalue weighted by Crippen LogP contribution is -2.41. The summed E-state index contributed by atoms with van der Waals surface area (Å²) < 4.78 is 5.96. The minimum Gasteiger partial charge on any atom is -0.374 e. The lowest BCUT2D eigenvalue weighted by Gasteiger charge is -2.25. The Labute approximate surface area is 109 Å². The molecule has 0 aromatic heterocycles. The molecule has 104 valence electrons. The van der Waals surface area contributed by atoms with Crippen LogP contribution in [-0.4, -0.2) is 24.3 Å². The van der Waals surface area contributed by atoms with Gasteiger partial charge in [-0.1, -0.05) is 32.6 Å². The second-order valence-electron chi connectivity index (χ2n) is 6.24. The van der Waals surface area contributed by atoms with Crippen molar-refractivity contribution in [3.63, 3.8) is 0 Å². The van der Waals surface area contributed by atoms with Crippen molar-refractivity contribution in [3.05, 3.63) is 0 Å². The normalized spacial score (nSPS) is 15.9. The largest absolute Gasteiger partial charge is 0.374 e. The zero-order chi connectivity index (χ0) is 13.3. The molecule has 1 N–H and O–H groups in total. The van der Waals surface area contributed by atoms with Gasteiger partial charge < -0.3 is 10.1 Å². The van der Waals surface area contributed by atoms with Crippen molar-refractivity contribution in [2.75, 3.05) is 6.54 Å². The third-order valence-electron chi connectivity index (χ3n) is 2.85. The summed E-state index contributed by atoms with van der Waals surface area (Å²) in [6.45, 7) is 14.1. The van der Waals surface area contributed by atoms with Crippen LogP contribution in [0, 0.1) is 0 Å². The Morgan fingerprint density at radius 3 is 2.18 bits per heavy atom. The molecule has 0 aromatic rings. The zero-order valence-corrected chi connectivity index (χ0v) is 12.8. The van der Waals surface area contributed by atoms with Crippen LogP contribution in [0.15, 0.2) is 0 Å². The van der Waals surface area contributed by atoms with E-state index in [-0.39, 0.29) is 5.54 Å². The molecule has 0 spiro atoms. The van der Waals surface area contributed by atoms with E-state index in [1.807, 2.05) is 0 Å². The molecule has 0 aromatic carbocycles. The summed E-state index contributed by atoms with van der Waals surface area (Å²) in [5, 5.41) is 3.48. The first-order valence-electron chi connectivity index (χ1n) is 7.25. The van der Waals surface area contributed by atoms with Crippen LogP contribution in [0.4, 0.5) is 0 Å². The fraction of sp³-hybridized carbons (Fsp3) is 1.00. The highest BCUT2D eigenvalue weighted by molar-refractivity contribution is 4.72. The van der Waals surface area contributed by atoms with Gasteiger partial charge in [-0.25, -0.2) is 0 Å². The second kappa shape index (κ2) is 8.93. The van der Waals surface area contributed by atoms with Crippen LogP contribution in [0.25, 0.3) is 0 Å². The van der Waals surface area contributed by atoms with Crippen LogP contribution in [0.1, 0.15) is 73.6 Å². The molecule has 2 unspecified atom stereocenters. The maximum absolute atomic E-state index is 5.96. The first-order valence-corrected chi connectivity index (χ1v) is 7.25. The van der Waals surface area contributed by atoms with E-state index < -0.39 is 0 Å². The zero-order valence-electron chi connectivity index (χ0n) is 12.8. The van der Waals surface area contributed by atoms with Gasteiger partial charge in [0.15, 0.2) is 0 Å². The van der Waals surface area contributed by atoms with Gasteiger partial charge in [0.25, 0.3) is 0 Å². The van der Waals surface area contributed by atoms with Gasteiger partial charge in [0.1, 0.15) is 0 Å². The standard InChI is InChI=1S/C15H33NO/c1-7-8-9-10-11-13(2)17-14(3)12-16-15(4,5)6/h13-14,16H,7-12H2,1-6H3. The Hall–Kier alpha value is -0.0800. The van der Waals surface area contributed by atoms with Crippen LogP contribution in [0.2, 0.25) is 0 Å². The third-order valence-corrected chi connectivity index (χ3v) is 2.85. The third kappa shape index (κ3) is 12.2. The topological polar surface area (TPSA) is 21.3 Å². The quantitative estimate of drug-likeness (QED) is 0.615. The minimum absolute atomic E-state index is 0.183. The average Bonchev–Trinajstić information content (AvgIpc) is 2.21. The molecule has 0 heterocycles. The summed E-state index contributed by atoms with van der Waals surface area (Å²) in [6.07, 6.45) is 7.20. The SMILES string of the molecule is CCCCCCC(C)OC(C)CNC(C)(C)C. The molecular weight excluding hydrogens is 210 g/mol. The van der Waals surface area contributed by atoms with E-state index in [0.717, 1.165) is 6.54 Å². The molecule has 0 saturated heterocycles. The maximum atomic E-state index is 5.96. The molecule has 0 amide bonds. The predicted molar refractivity (Wildman–Crippen MR) is 76.5 cm³/mol. The van der Waals surface area contributed by atoms with Gasteiger partial charge in [-0.2, -0.15) is 0 Å². The van der Waals surface area contributed by atoms with Crippen LogP contribution < -0.4 is 5.32 Å². The fourth-order valence-corrected chi connectivity index (χ4v) is 1.82. The molecule has 0 fully saturated rings. The van der Waals surface area contributed by atoms with E-state index in [2.05, 4.69) is 46.9 Å². The predicted octanol–water partition coefficient (Wildman–Crippen LogP) is 4.14. The highest BCUT2D eigenvalue weighted by atomic mass is 16.5. The molecule has 0 rings (SSSR count). The van der Waals surface area contributed by atoms with Gasteiger partial charge in [0.2, 0.25) is 0 Å². The fourth-order valence-electron chi connectivity index (χ4n) is 1.82. The summed E-state index contributed by atoms with van der Waals surface area (Å²) in [4.78, 5) is 0. The van der Waals surface area contributed by atoms with Crippen molar-refractivity contribution in [1.29, 1.82) is 0 Å². The van der Waals surface area contributed by atoms with Crippen molar-refractivity contribution in [2.45, 2.75) is 91.4 Å². The monoisotopic (exact) mass is 243 g/mol. The number of nitrogens with one attached hydrogen (secondary N) is 1. The number of ether oxygens (including phenoxy) is 1. The Bertz CT molecular complexity index is 174. The van der Waals surface area contributed by atoms with Crippen LogP contribution in [-0.2, 0) is 4.74 Å². The summed E-state index contributed by atoms with van der Waals surface area (Å²) in [5.41, 5.74) is 0.183. The van der Waals surface area contributed by atoms with Crippen LogP contribution >= 0.6 is 0 Å². The maximum Gasteiger partial charge on any atom is 0.0675 e.